The zero-order chi connectivity index (χ0) is 22.1. The average Bonchev–Trinajstić information content (AvgIpc) is 3.25. The Morgan fingerprint density at radius 2 is 1.61 bits per heavy atom. The first-order chi connectivity index (χ1) is 14.8. The van der Waals surface area contributed by atoms with Crippen LogP contribution in [0.25, 0.3) is 11.5 Å². The van der Waals surface area contributed by atoms with Gasteiger partial charge in [0.1, 0.15) is 0 Å². The van der Waals surface area contributed by atoms with Crippen molar-refractivity contribution in [3.8, 4) is 11.5 Å². The highest BCUT2D eigenvalue weighted by molar-refractivity contribution is 5.59. The molecule has 2 aromatic rings. The van der Waals surface area contributed by atoms with Crippen molar-refractivity contribution in [2.75, 3.05) is 44.2 Å². The Hall–Kier alpha value is -1.92. The van der Waals surface area contributed by atoms with Crippen LogP contribution in [0.2, 0.25) is 0 Å². The average molecular weight is 427 g/mol. The van der Waals surface area contributed by atoms with Gasteiger partial charge in [-0.3, -0.25) is 4.90 Å². The number of aliphatic hydroxyl groups is 1. The van der Waals surface area contributed by atoms with Gasteiger partial charge < -0.3 is 14.4 Å². The third-order valence-electron chi connectivity index (χ3n) is 7.29. The number of unbranched alkanes of at least 4 members (excludes halogenated alkanes) is 2. The maximum Gasteiger partial charge on any atom is 0.318 e. The molecule has 1 aromatic heterocycles. The van der Waals surface area contributed by atoms with Crippen LogP contribution < -0.4 is 4.90 Å². The second-order valence-corrected chi connectivity index (χ2v) is 10.5. The first kappa shape index (κ1) is 22.3. The van der Waals surface area contributed by atoms with E-state index < -0.39 is 0 Å². The van der Waals surface area contributed by atoms with E-state index in [4.69, 9.17) is 9.52 Å². The fourth-order valence-corrected chi connectivity index (χ4v) is 4.97. The summed E-state index contributed by atoms with van der Waals surface area (Å²) in [6, 6.07) is 7.32. The van der Waals surface area contributed by atoms with Crippen molar-refractivity contribution >= 4 is 6.01 Å². The van der Waals surface area contributed by atoms with Gasteiger partial charge in [0.15, 0.2) is 0 Å². The van der Waals surface area contributed by atoms with Crippen LogP contribution in [0.1, 0.15) is 70.9 Å². The second kappa shape index (κ2) is 8.91. The van der Waals surface area contributed by atoms with Crippen LogP contribution in [0, 0.1) is 0 Å². The minimum atomic E-state index is 0.164. The number of aliphatic hydroxyl groups excluding tert-OH is 1. The van der Waals surface area contributed by atoms with E-state index in [0.717, 1.165) is 57.5 Å². The molecule has 170 valence electrons. The van der Waals surface area contributed by atoms with E-state index in [9.17, 15) is 0 Å². The first-order valence-electron chi connectivity index (χ1n) is 11.9. The molecular formula is C25H38N4O2. The number of hydrogen-bond acceptors (Lipinski definition) is 6. The number of benzene rings is 1. The largest absolute Gasteiger partial charge is 0.403 e. The Morgan fingerprint density at radius 1 is 0.903 bits per heavy atom. The molecule has 1 aliphatic carbocycles. The monoisotopic (exact) mass is 426 g/mol. The Kier molecular flexibility index (Phi) is 6.40. The highest BCUT2D eigenvalue weighted by atomic mass is 16.4. The normalized spacial score (nSPS) is 20.6. The molecule has 4 rings (SSSR count). The third-order valence-corrected chi connectivity index (χ3v) is 7.29. The second-order valence-electron chi connectivity index (χ2n) is 10.5. The lowest BCUT2D eigenvalue weighted by Crippen LogP contribution is -2.46. The van der Waals surface area contributed by atoms with Crippen molar-refractivity contribution in [2.24, 2.45) is 0 Å². The molecule has 1 fully saturated rings. The summed E-state index contributed by atoms with van der Waals surface area (Å²) in [6.07, 6.45) is 5.55. The summed E-state index contributed by atoms with van der Waals surface area (Å²) < 4.78 is 6.13. The van der Waals surface area contributed by atoms with Gasteiger partial charge in [0.25, 0.3) is 0 Å². The highest BCUT2D eigenvalue weighted by Crippen LogP contribution is 2.46. The number of aromatic nitrogens is 2. The van der Waals surface area contributed by atoms with E-state index in [1.54, 1.807) is 0 Å². The fourth-order valence-electron chi connectivity index (χ4n) is 4.97. The topological polar surface area (TPSA) is 65.6 Å². The molecule has 1 N–H and O–H groups in total. The lowest BCUT2D eigenvalue weighted by atomic mass is 9.63. The predicted molar refractivity (Wildman–Crippen MR) is 125 cm³/mol. The Morgan fingerprint density at radius 3 is 2.32 bits per heavy atom. The molecule has 1 saturated heterocycles. The van der Waals surface area contributed by atoms with Gasteiger partial charge >= 0.3 is 6.01 Å². The molecule has 1 aliphatic heterocycles. The van der Waals surface area contributed by atoms with E-state index in [1.165, 1.54) is 24.0 Å². The van der Waals surface area contributed by atoms with Gasteiger partial charge in [-0.2, -0.15) is 0 Å². The number of anilines is 1. The van der Waals surface area contributed by atoms with Crippen LogP contribution in [-0.4, -0.2) is 59.5 Å². The number of nitrogens with zero attached hydrogens (tertiary/aromatic N) is 4. The van der Waals surface area contributed by atoms with E-state index >= 15 is 0 Å². The molecule has 2 heterocycles. The third kappa shape index (κ3) is 4.80. The minimum Gasteiger partial charge on any atom is -0.403 e. The van der Waals surface area contributed by atoms with Crippen LogP contribution in [0.3, 0.4) is 0 Å². The molecule has 2 aliphatic rings. The summed E-state index contributed by atoms with van der Waals surface area (Å²) in [5.41, 5.74) is 4.25. The van der Waals surface area contributed by atoms with Gasteiger partial charge in [-0.1, -0.05) is 38.9 Å². The van der Waals surface area contributed by atoms with Crippen LogP contribution in [0.5, 0.6) is 0 Å². The van der Waals surface area contributed by atoms with Gasteiger partial charge in [-0.05, 0) is 72.7 Å². The maximum absolute atomic E-state index is 8.91. The molecule has 0 unspecified atom stereocenters. The van der Waals surface area contributed by atoms with E-state index in [-0.39, 0.29) is 10.8 Å². The van der Waals surface area contributed by atoms with Crippen molar-refractivity contribution in [1.29, 1.82) is 0 Å². The Bertz CT molecular complexity index is 881. The van der Waals surface area contributed by atoms with Crippen LogP contribution >= 0.6 is 0 Å². The summed E-state index contributed by atoms with van der Waals surface area (Å²) in [5.74, 6) is 0.614. The molecule has 0 amide bonds. The zero-order valence-electron chi connectivity index (χ0n) is 19.7. The molecule has 0 bridgehead atoms. The Labute approximate surface area is 186 Å². The highest BCUT2D eigenvalue weighted by Gasteiger charge is 2.37. The SMILES string of the molecule is CC1(C)CCC(C)(C)c2cc(-c3nnc(N4CCN(CCCCCO)CC4)o3)ccc21. The van der Waals surface area contributed by atoms with Gasteiger partial charge in [-0.15, -0.1) is 5.10 Å². The van der Waals surface area contributed by atoms with E-state index in [2.05, 4.69) is 65.9 Å². The standard InChI is InChI=1S/C25H38N4O2/c1-24(2)10-11-25(3,4)21-18-19(8-9-20(21)24)22-26-27-23(31-22)29-15-13-28(14-16-29)12-6-5-7-17-30/h8-9,18,30H,5-7,10-17H2,1-4H3. The van der Waals surface area contributed by atoms with Crippen molar-refractivity contribution in [1.82, 2.24) is 15.1 Å². The maximum atomic E-state index is 8.91. The van der Waals surface area contributed by atoms with Crippen molar-refractivity contribution in [2.45, 2.75) is 70.6 Å². The van der Waals surface area contributed by atoms with Gasteiger partial charge in [0, 0.05) is 38.3 Å². The molecule has 0 atom stereocenters. The van der Waals surface area contributed by atoms with Crippen molar-refractivity contribution < 1.29 is 9.52 Å². The van der Waals surface area contributed by atoms with Crippen LogP contribution in [0.15, 0.2) is 22.6 Å². The summed E-state index contributed by atoms with van der Waals surface area (Å²) in [7, 11) is 0. The van der Waals surface area contributed by atoms with Gasteiger partial charge in [0.2, 0.25) is 5.89 Å². The molecule has 0 radical (unpaired) electrons. The summed E-state index contributed by atoms with van der Waals surface area (Å²) in [4.78, 5) is 4.69. The molecule has 1 aromatic carbocycles. The molecule has 6 heteroatoms. The number of rotatable bonds is 7. The van der Waals surface area contributed by atoms with Crippen LogP contribution in [0.4, 0.5) is 6.01 Å². The van der Waals surface area contributed by atoms with Gasteiger partial charge in [-0.25, -0.2) is 0 Å². The summed E-state index contributed by atoms with van der Waals surface area (Å²) in [5, 5.41) is 17.7. The first-order valence-corrected chi connectivity index (χ1v) is 11.9. The quantitative estimate of drug-likeness (QED) is 0.663. The molecule has 6 nitrogen and oxygen atoms in total. The lowest BCUT2D eigenvalue weighted by Gasteiger charge is -2.41. The van der Waals surface area contributed by atoms with Crippen LogP contribution in [-0.2, 0) is 10.8 Å². The minimum absolute atomic E-state index is 0.164. The number of fused-ring (bicyclic) bond motifs is 1. The summed E-state index contributed by atoms with van der Waals surface area (Å²) >= 11 is 0. The lowest BCUT2D eigenvalue weighted by molar-refractivity contribution is 0.239. The predicted octanol–water partition coefficient (Wildman–Crippen LogP) is 4.37. The van der Waals surface area contributed by atoms with Gasteiger partial charge in [0.05, 0.1) is 0 Å². The smallest absolute Gasteiger partial charge is 0.318 e. The van der Waals surface area contributed by atoms with E-state index in [0.29, 0.717) is 18.5 Å². The summed E-state index contributed by atoms with van der Waals surface area (Å²) in [6.45, 7) is 14.6. The van der Waals surface area contributed by atoms with Crippen molar-refractivity contribution in [3.05, 3.63) is 29.3 Å². The number of piperazine rings is 1. The van der Waals surface area contributed by atoms with E-state index in [1.807, 2.05) is 0 Å². The molecule has 0 saturated carbocycles. The number of hydrogen-bond donors (Lipinski definition) is 1. The Balaban J connectivity index is 1.43. The molecule has 0 spiro atoms. The molecular weight excluding hydrogens is 388 g/mol. The molecule has 31 heavy (non-hydrogen) atoms. The zero-order valence-corrected chi connectivity index (χ0v) is 19.7. The fraction of sp³-hybridized carbons (Fsp3) is 0.680. The van der Waals surface area contributed by atoms with Crippen molar-refractivity contribution in [3.63, 3.8) is 0 Å².